The van der Waals surface area contributed by atoms with Crippen LogP contribution >= 0.6 is 27.3 Å². The first-order chi connectivity index (χ1) is 9.77. The van der Waals surface area contributed by atoms with E-state index in [1.54, 1.807) is 18.2 Å². The third kappa shape index (κ3) is 4.14. The van der Waals surface area contributed by atoms with E-state index in [2.05, 4.69) is 21.2 Å². The number of hydrogen-bond acceptors (Lipinski definition) is 2. The molecule has 0 radical (unpaired) electrons. The van der Waals surface area contributed by atoms with Gasteiger partial charge in [0.25, 0.3) is 5.91 Å². The molecule has 0 saturated heterocycles. The molecule has 0 aliphatic heterocycles. The van der Waals surface area contributed by atoms with Gasteiger partial charge in [-0.05, 0) is 51.2 Å². The minimum atomic E-state index is -0.278. The van der Waals surface area contributed by atoms with Crippen LogP contribution in [0, 0.1) is 11.2 Å². The molecule has 1 atom stereocenters. The number of amides is 1. The van der Waals surface area contributed by atoms with E-state index in [-0.39, 0.29) is 23.2 Å². The first kappa shape index (κ1) is 16.2. The van der Waals surface area contributed by atoms with Crippen molar-refractivity contribution in [2.75, 3.05) is 0 Å². The second-order valence-corrected chi connectivity index (χ2v) is 8.39. The van der Waals surface area contributed by atoms with Gasteiger partial charge in [-0.1, -0.05) is 32.9 Å². The quantitative estimate of drug-likeness (QED) is 0.794. The smallest absolute Gasteiger partial charge is 0.261 e. The summed E-state index contributed by atoms with van der Waals surface area (Å²) in [5.41, 5.74) is 0.718. The van der Waals surface area contributed by atoms with Gasteiger partial charge in [-0.25, -0.2) is 4.39 Å². The molecular formula is C16H17BrFNOS. The molecule has 2 aromatic rings. The van der Waals surface area contributed by atoms with Crippen LogP contribution in [0.5, 0.6) is 0 Å². The Bertz CT molecular complexity index is 630. The fraction of sp³-hybridized carbons (Fsp3) is 0.312. The molecular weight excluding hydrogens is 353 g/mol. The molecule has 112 valence electrons. The summed E-state index contributed by atoms with van der Waals surface area (Å²) in [6.45, 7) is 6.14. The first-order valence-corrected chi connectivity index (χ1v) is 8.20. The Kier molecular flexibility index (Phi) is 4.84. The molecule has 0 saturated carbocycles. The van der Waals surface area contributed by atoms with Crippen molar-refractivity contribution in [2.45, 2.75) is 26.8 Å². The fourth-order valence-corrected chi connectivity index (χ4v) is 3.38. The van der Waals surface area contributed by atoms with E-state index in [4.69, 9.17) is 0 Å². The highest BCUT2D eigenvalue weighted by molar-refractivity contribution is 9.11. The lowest BCUT2D eigenvalue weighted by Crippen LogP contribution is -2.36. The van der Waals surface area contributed by atoms with Crippen LogP contribution in [0.3, 0.4) is 0 Å². The van der Waals surface area contributed by atoms with E-state index in [9.17, 15) is 9.18 Å². The largest absolute Gasteiger partial charge is 0.344 e. The Morgan fingerprint density at radius 1 is 1.19 bits per heavy atom. The lowest BCUT2D eigenvalue weighted by atomic mass is 9.82. The third-order valence-corrected chi connectivity index (χ3v) is 4.76. The molecule has 0 aliphatic rings. The number of benzene rings is 1. The molecule has 0 fully saturated rings. The van der Waals surface area contributed by atoms with Crippen molar-refractivity contribution < 1.29 is 9.18 Å². The predicted molar refractivity (Wildman–Crippen MR) is 88.1 cm³/mol. The zero-order chi connectivity index (χ0) is 15.6. The summed E-state index contributed by atoms with van der Waals surface area (Å²) in [5.74, 6) is -0.394. The van der Waals surface area contributed by atoms with Gasteiger partial charge in [0.05, 0.1) is 14.7 Å². The van der Waals surface area contributed by atoms with Crippen LogP contribution < -0.4 is 5.32 Å². The lowest BCUT2D eigenvalue weighted by Gasteiger charge is -2.31. The molecule has 0 aliphatic carbocycles. The molecule has 2 nitrogen and oxygen atoms in total. The van der Waals surface area contributed by atoms with Crippen LogP contribution in [0.15, 0.2) is 40.2 Å². The molecule has 1 amide bonds. The van der Waals surface area contributed by atoms with Gasteiger partial charge in [0.1, 0.15) is 5.82 Å². The van der Waals surface area contributed by atoms with E-state index in [0.717, 1.165) is 9.35 Å². The summed E-state index contributed by atoms with van der Waals surface area (Å²) < 4.78 is 14.0. The van der Waals surface area contributed by atoms with Crippen LogP contribution in [-0.4, -0.2) is 5.91 Å². The average molecular weight is 370 g/mol. The number of nitrogens with one attached hydrogen (secondary N) is 1. The third-order valence-electron chi connectivity index (χ3n) is 3.14. The molecule has 5 heteroatoms. The molecule has 2 rings (SSSR count). The molecule has 0 bridgehead atoms. The van der Waals surface area contributed by atoms with Crippen LogP contribution in [0.4, 0.5) is 4.39 Å². The van der Waals surface area contributed by atoms with Gasteiger partial charge in [-0.2, -0.15) is 0 Å². The van der Waals surface area contributed by atoms with Gasteiger partial charge in [0.15, 0.2) is 0 Å². The van der Waals surface area contributed by atoms with E-state index in [0.29, 0.717) is 4.88 Å². The minimum Gasteiger partial charge on any atom is -0.344 e. The van der Waals surface area contributed by atoms with Crippen molar-refractivity contribution in [3.63, 3.8) is 0 Å². The molecule has 0 spiro atoms. The van der Waals surface area contributed by atoms with Gasteiger partial charge in [0, 0.05) is 0 Å². The Morgan fingerprint density at radius 2 is 1.81 bits per heavy atom. The van der Waals surface area contributed by atoms with E-state index in [1.165, 1.54) is 23.5 Å². The lowest BCUT2D eigenvalue weighted by molar-refractivity contribution is 0.0906. The van der Waals surface area contributed by atoms with Crippen molar-refractivity contribution in [3.05, 3.63) is 56.4 Å². The standard InChI is InChI=1S/C16H17BrFNOS/c1-16(2,3)14(10-4-6-11(18)7-5-10)19-15(20)12-8-9-13(17)21-12/h4-9,14H,1-3H3,(H,19,20). The topological polar surface area (TPSA) is 29.1 Å². The summed E-state index contributed by atoms with van der Waals surface area (Å²) in [6.07, 6.45) is 0. The maximum absolute atomic E-state index is 13.1. The van der Waals surface area contributed by atoms with Crippen LogP contribution in [0.2, 0.25) is 0 Å². The number of hydrogen-bond donors (Lipinski definition) is 1. The van der Waals surface area contributed by atoms with Crippen LogP contribution in [0.25, 0.3) is 0 Å². The first-order valence-electron chi connectivity index (χ1n) is 6.59. The van der Waals surface area contributed by atoms with Gasteiger partial charge >= 0.3 is 0 Å². The monoisotopic (exact) mass is 369 g/mol. The summed E-state index contributed by atoms with van der Waals surface area (Å²) in [4.78, 5) is 13.0. The maximum atomic E-state index is 13.1. The molecule has 21 heavy (non-hydrogen) atoms. The molecule has 1 aromatic carbocycles. The van der Waals surface area contributed by atoms with Crippen molar-refractivity contribution in [2.24, 2.45) is 5.41 Å². The predicted octanol–water partition coefficient (Wildman–Crippen LogP) is 5.17. The van der Waals surface area contributed by atoms with Crippen molar-refractivity contribution >= 4 is 33.2 Å². The van der Waals surface area contributed by atoms with E-state index in [1.807, 2.05) is 26.8 Å². The van der Waals surface area contributed by atoms with Crippen LogP contribution in [-0.2, 0) is 0 Å². The number of rotatable bonds is 3. The Morgan fingerprint density at radius 3 is 2.29 bits per heavy atom. The summed E-state index contributed by atoms with van der Waals surface area (Å²) in [7, 11) is 0. The van der Waals surface area contributed by atoms with Gasteiger partial charge in [-0.3, -0.25) is 4.79 Å². The Labute approximate surface area is 136 Å². The number of halogens is 2. The van der Waals surface area contributed by atoms with Crippen LogP contribution in [0.1, 0.15) is 42.0 Å². The van der Waals surface area contributed by atoms with E-state index >= 15 is 0 Å². The van der Waals surface area contributed by atoms with Crippen molar-refractivity contribution in [1.82, 2.24) is 5.32 Å². The van der Waals surface area contributed by atoms with Gasteiger partial charge < -0.3 is 5.32 Å². The summed E-state index contributed by atoms with van der Waals surface area (Å²) in [5, 5.41) is 3.05. The molecule has 1 N–H and O–H groups in total. The molecule has 1 aromatic heterocycles. The highest BCUT2D eigenvalue weighted by Gasteiger charge is 2.28. The average Bonchev–Trinajstić information content (AvgIpc) is 2.82. The number of carbonyl (C=O) groups excluding carboxylic acids is 1. The summed E-state index contributed by atoms with van der Waals surface area (Å²) >= 11 is 4.75. The van der Waals surface area contributed by atoms with Gasteiger partial charge in [0.2, 0.25) is 0 Å². The highest BCUT2D eigenvalue weighted by atomic mass is 79.9. The zero-order valence-corrected chi connectivity index (χ0v) is 14.5. The van der Waals surface area contributed by atoms with Crippen molar-refractivity contribution in [1.29, 1.82) is 0 Å². The van der Waals surface area contributed by atoms with Crippen molar-refractivity contribution in [3.8, 4) is 0 Å². The molecule has 1 unspecified atom stereocenters. The Balaban J connectivity index is 2.25. The van der Waals surface area contributed by atoms with E-state index < -0.39 is 0 Å². The SMILES string of the molecule is CC(C)(C)C(NC(=O)c1ccc(Br)s1)c1ccc(F)cc1. The fourth-order valence-electron chi connectivity index (χ4n) is 2.09. The number of thiophene rings is 1. The second-order valence-electron chi connectivity index (χ2n) is 5.93. The highest BCUT2D eigenvalue weighted by Crippen LogP contribution is 2.33. The minimum absolute atomic E-state index is 0.116. The number of carbonyl (C=O) groups is 1. The van der Waals surface area contributed by atoms with Gasteiger partial charge in [-0.15, -0.1) is 11.3 Å². The molecule has 1 heterocycles. The normalized spacial score (nSPS) is 13.0. The zero-order valence-electron chi connectivity index (χ0n) is 12.1. The maximum Gasteiger partial charge on any atom is 0.261 e. The Hall–Kier alpha value is -1.20. The second kappa shape index (κ2) is 6.28. The summed E-state index contributed by atoms with van der Waals surface area (Å²) in [6, 6.07) is 9.72.